The number of benzene rings is 2. The van der Waals surface area contributed by atoms with Crippen LogP contribution >= 0.6 is 11.6 Å². The van der Waals surface area contributed by atoms with Crippen LogP contribution in [0.4, 0.5) is 0 Å². The zero-order chi connectivity index (χ0) is 25.9. The zero-order valence-electron chi connectivity index (χ0n) is 19.8. The maximum atomic E-state index is 13.5. The van der Waals surface area contributed by atoms with Crippen LogP contribution in [0.15, 0.2) is 94.8 Å². The molecule has 5 rings (SSSR count). The van der Waals surface area contributed by atoms with Crippen molar-refractivity contribution in [3.05, 3.63) is 123 Å². The maximum absolute atomic E-state index is 13.5. The number of carbonyl (C=O) groups is 2. The van der Waals surface area contributed by atoms with Gasteiger partial charge in [0.1, 0.15) is 16.9 Å². The van der Waals surface area contributed by atoms with Crippen LogP contribution in [0.5, 0.6) is 0 Å². The summed E-state index contributed by atoms with van der Waals surface area (Å²) in [5.41, 5.74) is 1.35. The Morgan fingerprint density at radius 3 is 2.46 bits per heavy atom. The number of hydrogen-bond acceptors (Lipinski definition) is 5. The lowest BCUT2D eigenvalue weighted by atomic mass is 10.1. The highest BCUT2D eigenvalue weighted by atomic mass is 35.5. The van der Waals surface area contributed by atoms with E-state index in [9.17, 15) is 14.4 Å². The van der Waals surface area contributed by atoms with E-state index in [1.807, 2.05) is 30.3 Å². The van der Waals surface area contributed by atoms with Gasteiger partial charge in [-0.1, -0.05) is 60.1 Å². The van der Waals surface area contributed by atoms with Gasteiger partial charge < -0.3 is 9.30 Å². The Labute approximate surface area is 216 Å². The molecular weight excluding hydrogens is 492 g/mol. The molecule has 1 amide bonds. The van der Waals surface area contributed by atoms with E-state index >= 15 is 0 Å². The second-order valence-electron chi connectivity index (χ2n) is 8.15. The second-order valence-corrected chi connectivity index (χ2v) is 8.56. The Morgan fingerprint density at radius 2 is 1.70 bits per heavy atom. The summed E-state index contributed by atoms with van der Waals surface area (Å²) in [6.07, 6.45) is 1.61. The number of esters is 1. The van der Waals surface area contributed by atoms with Crippen molar-refractivity contribution in [3.63, 3.8) is 0 Å². The van der Waals surface area contributed by atoms with Crippen LogP contribution in [-0.2, 0) is 11.3 Å². The lowest BCUT2D eigenvalue weighted by Crippen LogP contribution is -2.33. The van der Waals surface area contributed by atoms with Gasteiger partial charge in [-0.2, -0.15) is 4.99 Å². The summed E-state index contributed by atoms with van der Waals surface area (Å²) < 4.78 is 8.28. The van der Waals surface area contributed by atoms with Crippen molar-refractivity contribution in [2.75, 3.05) is 6.61 Å². The molecule has 3 aromatic heterocycles. The molecule has 0 radical (unpaired) electrons. The summed E-state index contributed by atoms with van der Waals surface area (Å²) in [5, 5.41) is 0.415. The van der Waals surface area contributed by atoms with Crippen LogP contribution in [0.1, 0.15) is 33.2 Å². The fourth-order valence-corrected chi connectivity index (χ4v) is 4.28. The van der Waals surface area contributed by atoms with E-state index in [0.717, 1.165) is 5.56 Å². The number of ether oxygens (including phenoxy) is 1. The molecule has 0 fully saturated rings. The molecule has 8 nitrogen and oxygen atoms in total. The SMILES string of the molecule is CCOC(=O)c1cc2c(=O)n3ccccc3nc2n(Cc2ccccc2)c1=NC(=O)c1ccccc1Cl. The second kappa shape index (κ2) is 10.2. The molecule has 0 bridgehead atoms. The van der Waals surface area contributed by atoms with E-state index in [2.05, 4.69) is 4.99 Å². The van der Waals surface area contributed by atoms with Gasteiger partial charge in [0.2, 0.25) is 0 Å². The molecular formula is C28H21ClN4O4. The maximum Gasteiger partial charge on any atom is 0.341 e. The van der Waals surface area contributed by atoms with Crippen LogP contribution in [0, 0.1) is 0 Å². The number of pyridine rings is 2. The first kappa shape index (κ1) is 24.1. The summed E-state index contributed by atoms with van der Waals surface area (Å²) in [7, 11) is 0. The fraction of sp³-hybridized carbons (Fsp3) is 0.107. The average molecular weight is 513 g/mol. The van der Waals surface area contributed by atoms with Gasteiger partial charge in [0, 0.05) is 6.20 Å². The number of amides is 1. The molecule has 0 unspecified atom stereocenters. The smallest absolute Gasteiger partial charge is 0.341 e. The topological polar surface area (TPSA) is 95.0 Å². The first-order chi connectivity index (χ1) is 18.0. The number of hydrogen-bond donors (Lipinski definition) is 0. The van der Waals surface area contributed by atoms with Crippen LogP contribution in [0.25, 0.3) is 16.7 Å². The van der Waals surface area contributed by atoms with Gasteiger partial charge in [-0.25, -0.2) is 9.78 Å². The standard InChI is InChI=1S/C28H21ClN4O4/c1-2-37-28(36)21-16-20-24(30-23-14-8-9-15-32(23)27(20)35)33(17-18-10-4-3-5-11-18)25(21)31-26(34)19-12-6-7-13-22(19)29/h3-16H,2,17H2,1H3. The minimum atomic E-state index is -0.713. The Morgan fingerprint density at radius 1 is 0.973 bits per heavy atom. The molecule has 0 N–H and O–H groups in total. The average Bonchev–Trinajstić information content (AvgIpc) is 2.91. The van der Waals surface area contributed by atoms with Gasteiger partial charge in [-0.15, -0.1) is 0 Å². The Balaban J connectivity index is 1.91. The van der Waals surface area contributed by atoms with Crippen LogP contribution in [-0.4, -0.2) is 32.4 Å². The van der Waals surface area contributed by atoms with Gasteiger partial charge in [-0.3, -0.25) is 14.0 Å². The van der Waals surface area contributed by atoms with Gasteiger partial charge in [0.05, 0.1) is 29.1 Å². The van der Waals surface area contributed by atoms with Crippen molar-refractivity contribution in [1.82, 2.24) is 14.0 Å². The van der Waals surface area contributed by atoms with Crippen molar-refractivity contribution in [3.8, 4) is 0 Å². The summed E-state index contributed by atoms with van der Waals surface area (Å²) in [6.45, 7) is 1.96. The van der Waals surface area contributed by atoms with E-state index in [-0.39, 0.29) is 51.4 Å². The van der Waals surface area contributed by atoms with E-state index in [1.54, 1.807) is 60.2 Å². The molecule has 37 heavy (non-hydrogen) atoms. The highest BCUT2D eigenvalue weighted by Crippen LogP contribution is 2.17. The van der Waals surface area contributed by atoms with Gasteiger partial charge in [-0.05, 0) is 42.8 Å². The first-order valence-corrected chi connectivity index (χ1v) is 12.0. The lowest BCUT2D eigenvalue weighted by Gasteiger charge is -2.15. The first-order valence-electron chi connectivity index (χ1n) is 11.6. The number of rotatable bonds is 5. The molecule has 0 aliphatic rings. The predicted molar refractivity (Wildman–Crippen MR) is 140 cm³/mol. The van der Waals surface area contributed by atoms with Crippen LogP contribution < -0.4 is 11.0 Å². The third kappa shape index (κ3) is 4.66. The number of nitrogens with zero attached hydrogens (tertiary/aromatic N) is 4. The van der Waals surface area contributed by atoms with Gasteiger partial charge in [0.15, 0.2) is 5.49 Å². The lowest BCUT2D eigenvalue weighted by molar-refractivity contribution is 0.0523. The molecule has 5 aromatic rings. The number of fused-ring (bicyclic) bond motifs is 2. The Kier molecular flexibility index (Phi) is 6.66. The van der Waals surface area contributed by atoms with Crippen molar-refractivity contribution in [2.24, 2.45) is 4.99 Å². The quantitative estimate of drug-likeness (QED) is 0.259. The summed E-state index contributed by atoms with van der Waals surface area (Å²) in [5.74, 6) is -1.36. The van der Waals surface area contributed by atoms with Crippen LogP contribution in [0.2, 0.25) is 5.02 Å². The summed E-state index contributed by atoms with van der Waals surface area (Å²) >= 11 is 6.25. The monoisotopic (exact) mass is 512 g/mol. The minimum absolute atomic E-state index is 0.0203. The number of aromatic nitrogens is 3. The molecule has 0 saturated carbocycles. The Bertz CT molecular complexity index is 1790. The molecule has 0 aliphatic heterocycles. The third-order valence-corrected chi connectivity index (χ3v) is 6.11. The molecule has 2 aromatic carbocycles. The molecule has 0 aliphatic carbocycles. The number of carbonyl (C=O) groups excluding carboxylic acids is 2. The highest BCUT2D eigenvalue weighted by Gasteiger charge is 2.21. The van der Waals surface area contributed by atoms with Crippen molar-refractivity contribution >= 4 is 40.2 Å². The van der Waals surface area contributed by atoms with Crippen LogP contribution in [0.3, 0.4) is 0 Å². The molecule has 0 atom stereocenters. The predicted octanol–water partition coefficient (Wildman–Crippen LogP) is 4.27. The van der Waals surface area contributed by atoms with Crippen molar-refractivity contribution in [1.29, 1.82) is 0 Å². The molecule has 3 heterocycles. The van der Waals surface area contributed by atoms with E-state index < -0.39 is 11.9 Å². The Hall–Kier alpha value is -4.56. The molecule has 9 heteroatoms. The van der Waals surface area contributed by atoms with Gasteiger partial charge >= 0.3 is 5.97 Å². The van der Waals surface area contributed by atoms with Crippen molar-refractivity contribution < 1.29 is 14.3 Å². The number of halogens is 1. The normalized spacial score (nSPS) is 11.7. The van der Waals surface area contributed by atoms with E-state index in [4.69, 9.17) is 21.3 Å². The summed E-state index contributed by atoms with van der Waals surface area (Å²) in [4.78, 5) is 48.9. The fourth-order valence-electron chi connectivity index (χ4n) is 4.06. The highest BCUT2D eigenvalue weighted by molar-refractivity contribution is 6.33. The van der Waals surface area contributed by atoms with E-state index in [1.165, 1.54) is 10.5 Å². The molecule has 0 spiro atoms. The largest absolute Gasteiger partial charge is 0.462 e. The molecule has 0 saturated heterocycles. The minimum Gasteiger partial charge on any atom is -0.462 e. The zero-order valence-corrected chi connectivity index (χ0v) is 20.6. The van der Waals surface area contributed by atoms with Crippen molar-refractivity contribution in [2.45, 2.75) is 13.5 Å². The molecule has 184 valence electrons. The summed E-state index contributed by atoms with van der Waals surface area (Å²) in [6, 6.07) is 22.5. The van der Waals surface area contributed by atoms with E-state index in [0.29, 0.717) is 5.65 Å². The van der Waals surface area contributed by atoms with Gasteiger partial charge in [0.25, 0.3) is 11.5 Å². The third-order valence-electron chi connectivity index (χ3n) is 5.78.